The van der Waals surface area contributed by atoms with Crippen LogP contribution in [0.2, 0.25) is 0 Å². The van der Waals surface area contributed by atoms with Crippen LogP contribution in [-0.2, 0) is 35.6 Å². The van der Waals surface area contributed by atoms with E-state index in [-0.39, 0.29) is 17.5 Å². The molecule has 0 radical (unpaired) electrons. The number of rotatable bonds is 7. The minimum atomic E-state index is -3.69. The van der Waals surface area contributed by atoms with Gasteiger partial charge in [0.25, 0.3) is 0 Å². The average Bonchev–Trinajstić information content (AvgIpc) is 3.28. The van der Waals surface area contributed by atoms with Gasteiger partial charge in [-0.3, -0.25) is 0 Å². The zero-order chi connectivity index (χ0) is 20.1. The average molecular weight is 405 g/mol. The Morgan fingerprint density at radius 3 is 2.64 bits per heavy atom. The number of hydrogen-bond donors (Lipinski definition) is 1. The Morgan fingerprint density at radius 1 is 1.29 bits per heavy atom. The van der Waals surface area contributed by atoms with Gasteiger partial charge in [0.1, 0.15) is 11.9 Å². The number of ether oxygens (including phenoxy) is 2. The molecule has 1 aliphatic rings. The summed E-state index contributed by atoms with van der Waals surface area (Å²) < 4.78 is 42.0. The number of carbonyl (C=O) groups excluding carboxylic acids is 2. The van der Waals surface area contributed by atoms with Crippen LogP contribution < -0.4 is 4.72 Å². The normalized spacial score (nSPS) is 19.7. The van der Waals surface area contributed by atoms with Gasteiger partial charge in [-0.25, -0.2) is 22.7 Å². The predicted octanol–water partition coefficient (Wildman–Crippen LogP) is 2.02. The number of furan rings is 1. The molecule has 0 saturated carbocycles. The lowest BCUT2D eigenvalue weighted by Crippen LogP contribution is -2.22. The van der Waals surface area contributed by atoms with Crippen LogP contribution >= 0.6 is 0 Å². The summed E-state index contributed by atoms with van der Waals surface area (Å²) in [7, 11) is -3.69. The number of nitrogens with one attached hydrogen (secondary N) is 1. The third kappa shape index (κ3) is 5.08. The van der Waals surface area contributed by atoms with Crippen molar-refractivity contribution in [3.8, 4) is 0 Å². The molecule has 0 aliphatic carbocycles. The van der Waals surface area contributed by atoms with E-state index >= 15 is 0 Å². The first-order chi connectivity index (χ1) is 13.3. The number of esters is 2. The molecule has 2 unspecified atom stereocenters. The molecule has 0 spiro atoms. The second kappa shape index (κ2) is 8.41. The van der Waals surface area contributed by atoms with Crippen molar-refractivity contribution in [1.82, 2.24) is 4.72 Å². The fourth-order valence-electron chi connectivity index (χ4n) is 2.58. The third-order valence-corrected chi connectivity index (χ3v) is 5.42. The Bertz CT molecular complexity index is 962. The summed E-state index contributed by atoms with van der Waals surface area (Å²) in [6.45, 7) is 1.77. The van der Waals surface area contributed by atoms with Crippen LogP contribution in [0.3, 0.4) is 0 Å². The molecule has 9 heteroatoms. The first-order valence-corrected chi connectivity index (χ1v) is 10.0. The van der Waals surface area contributed by atoms with Gasteiger partial charge in [-0.2, -0.15) is 0 Å². The molecule has 0 bridgehead atoms. The molecule has 2 aromatic rings. The van der Waals surface area contributed by atoms with Gasteiger partial charge in [0.2, 0.25) is 16.1 Å². The first kappa shape index (κ1) is 19.8. The molecule has 1 aromatic carbocycles. The molecule has 3 rings (SSSR count). The van der Waals surface area contributed by atoms with Crippen LogP contribution in [0.1, 0.15) is 24.7 Å². The zero-order valence-corrected chi connectivity index (χ0v) is 15.8. The second-order valence-electron chi connectivity index (χ2n) is 6.22. The highest BCUT2D eigenvalue weighted by Crippen LogP contribution is 2.18. The molecular formula is C19H19NO7S. The number of hydrogen-bond acceptors (Lipinski definition) is 7. The van der Waals surface area contributed by atoms with E-state index in [0.717, 1.165) is 0 Å². The monoisotopic (exact) mass is 405 g/mol. The minimum absolute atomic E-state index is 0.0467. The van der Waals surface area contributed by atoms with E-state index in [0.29, 0.717) is 17.7 Å². The van der Waals surface area contributed by atoms with Crippen LogP contribution in [0.25, 0.3) is 6.08 Å². The van der Waals surface area contributed by atoms with Gasteiger partial charge in [-0.15, -0.1) is 0 Å². The number of benzene rings is 1. The van der Waals surface area contributed by atoms with Gasteiger partial charge in [0, 0.05) is 12.5 Å². The van der Waals surface area contributed by atoms with Gasteiger partial charge in [0.05, 0.1) is 17.7 Å². The summed E-state index contributed by atoms with van der Waals surface area (Å²) in [6, 6.07) is 9.29. The molecule has 2 heterocycles. The lowest BCUT2D eigenvalue weighted by atomic mass is 10.2. The fourth-order valence-corrected chi connectivity index (χ4v) is 3.57. The fraction of sp³-hybridized carbons (Fsp3) is 0.263. The van der Waals surface area contributed by atoms with E-state index in [2.05, 4.69) is 4.72 Å². The molecule has 1 N–H and O–H groups in total. The first-order valence-electron chi connectivity index (χ1n) is 8.55. The number of cyclic esters (lactones) is 1. The molecule has 148 valence electrons. The number of carbonyl (C=O) groups is 2. The van der Waals surface area contributed by atoms with Gasteiger partial charge in [-0.05, 0) is 42.8 Å². The SMILES string of the molecule is CC1CC(OC(=O)/C=C/c2ccc(S(=O)(=O)NCc3ccco3)cc2)C(=O)O1. The van der Waals surface area contributed by atoms with Crippen molar-refractivity contribution in [2.75, 3.05) is 0 Å². The van der Waals surface area contributed by atoms with Crippen molar-refractivity contribution >= 4 is 28.0 Å². The molecule has 8 nitrogen and oxygen atoms in total. The van der Waals surface area contributed by atoms with Crippen LogP contribution in [-0.4, -0.2) is 32.6 Å². The molecule has 1 saturated heterocycles. The Kier molecular flexibility index (Phi) is 5.96. The predicted molar refractivity (Wildman–Crippen MR) is 98.3 cm³/mol. The third-order valence-electron chi connectivity index (χ3n) is 4.00. The van der Waals surface area contributed by atoms with Crippen LogP contribution in [0.5, 0.6) is 0 Å². The molecule has 28 heavy (non-hydrogen) atoms. The summed E-state index contributed by atoms with van der Waals surface area (Å²) in [4.78, 5) is 23.4. The Morgan fingerprint density at radius 2 is 2.04 bits per heavy atom. The van der Waals surface area contributed by atoms with Gasteiger partial charge in [-0.1, -0.05) is 12.1 Å². The molecule has 1 fully saturated rings. The van der Waals surface area contributed by atoms with Gasteiger partial charge in [0.15, 0.2) is 0 Å². The van der Waals surface area contributed by atoms with Crippen molar-refractivity contribution in [2.45, 2.75) is 37.0 Å². The maximum atomic E-state index is 12.3. The molecule has 0 amide bonds. The van der Waals surface area contributed by atoms with E-state index in [1.807, 2.05) is 0 Å². The lowest BCUT2D eigenvalue weighted by molar-refractivity contribution is -0.157. The van der Waals surface area contributed by atoms with E-state index in [1.54, 1.807) is 31.2 Å². The van der Waals surface area contributed by atoms with Gasteiger partial charge >= 0.3 is 11.9 Å². The highest BCUT2D eigenvalue weighted by atomic mass is 32.2. The van der Waals surface area contributed by atoms with Crippen LogP contribution in [0.15, 0.2) is 58.1 Å². The largest absolute Gasteiger partial charge is 0.468 e. The van der Waals surface area contributed by atoms with Crippen LogP contribution in [0, 0.1) is 0 Å². The summed E-state index contributed by atoms with van der Waals surface area (Å²) in [6.07, 6.45) is 3.28. The van der Waals surface area contributed by atoms with E-state index in [4.69, 9.17) is 13.9 Å². The summed E-state index contributed by atoms with van der Waals surface area (Å²) >= 11 is 0. The summed E-state index contributed by atoms with van der Waals surface area (Å²) in [5.41, 5.74) is 0.601. The zero-order valence-electron chi connectivity index (χ0n) is 15.0. The highest BCUT2D eigenvalue weighted by molar-refractivity contribution is 7.89. The molecular weight excluding hydrogens is 386 g/mol. The second-order valence-corrected chi connectivity index (χ2v) is 7.98. The Labute approximate surface area is 162 Å². The standard InChI is InChI=1S/C19H19NO7S/c1-13-11-17(19(22)26-13)27-18(21)9-6-14-4-7-16(8-5-14)28(23,24)20-12-15-3-2-10-25-15/h2-10,13,17,20H,11-12H2,1H3/b9-6+. The van der Waals surface area contributed by atoms with Crippen molar-refractivity contribution in [1.29, 1.82) is 0 Å². The smallest absolute Gasteiger partial charge is 0.347 e. The van der Waals surface area contributed by atoms with Crippen molar-refractivity contribution in [3.05, 3.63) is 60.1 Å². The topological polar surface area (TPSA) is 112 Å². The maximum absolute atomic E-state index is 12.3. The lowest BCUT2D eigenvalue weighted by Gasteiger charge is -2.06. The van der Waals surface area contributed by atoms with Gasteiger partial charge < -0.3 is 13.9 Å². The van der Waals surface area contributed by atoms with E-state index in [9.17, 15) is 18.0 Å². The Balaban J connectivity index is 1.56. The minimum Gasteiger partial charge on any atom is -0.468 e. The summed E-state index contributed by atoms with van der Waals surface area (Å²) in [5, 5.41) is 0. The van der Waals surface area contributed by atoms with E-state index in [1.165, 1.54) is 30.5 Å². The van der Waals surface area contributed by atoms with Crippen molar-refractivity contribution < 1.29 is 31.9 Å². The van der Waals surface area contributed by atoms with Crippen molar-refractivity contribution in [3.63, 3.8) is 0 Å². The summed E-state index contributed by atoms with van der Waals surface area (Å²) in [5.74, 6) is -0.721. The molecule has 1 aliphatic heterocycles. The highest BCUT2D eigenvalue weighted by Gasteiger charge is 2.34. The van der Waals surface area contributed by atoms with Crippen LogP contribution in [0.4, 0.5) is 0 Å². The molecule has 2 atom stereocenters. The maximum Gasteiger partial charge on any atom is 0.347 e. The van der Waals surface area contributed by atoms with Crippen molar-refractivity contribution in [2.24, 2.45) is 0 Å². The quantitative estimate of drug-likeness (QED) is 0.554. The van der Waals surface area contributed by atoms with E-state index < -0.39 is 28.1 Å². The molecule has 1 aromatic heterocycles. The number of sulfonamides is 1. The Hall–Kier alpha value is -2.91.